The number of ether oxygens (including phenoxy) is 1. The quantitative estimate of drug-likeness (QED) is 0.830. The van der Waals surface area contributed by atoms with Crippen LogP contribution in [-0.4, -0.2) is 25.2 Å². The van der Waals surface area contributed by atoms with Gasteiger partial charge in [0.25, 0.3) is 0 Å². The van der Waals surface area contributed by atoms with Crippen LogP contribution in [0.4, 0.5) is 0 Å². The van der Waals surface area contributed by atoms with Gasteiger partial charge in [-0.3, -0.25) is 4.79 Å². The van der Waals surface area contributed by atoms with Gasteiger partial charge in [0.1, 0.15) is 6.04 Å². The fourth-order valence-corrected chi connectivity index (χ4v) is 2.65. The van der Waals surface area contributed by atoms with Crippen molar-refractivity contribution in [3.8, 4) is 0 Å². The van der Waals surface area contributed by atoms with Crippen molar-refractivity contribution in [2.45, 2.75) is 44.7 Å². The highest BCUT2D eigenvalue weighted by atomic mass is 16.5. The third kappa shape index (κ3) is 2.72. The van der Waals surface area contributed by atoms with Gasteiger partial charge in [-0.05, 0) is 43.7 Å². The van der Waals surface area contributed by atoms with Gasteiger partial charge < -0.3 is 10.1 Å². The third-order valence-electron chi connectivity index (χ3n) is 3.81. The van der Waals surface area contributed by atoms with Crippen LogP contribution < -0.4 is 5.32 Å². The van der Waals surface area contributed by atoms with Crippen LogP contribution in [0, 0.1) is 6.92 Å². The largest absolute Gasteiger partial charge is 0.468 e. The first kappa shape index (κ1) is 13.1. The Morgan fingerprint density at radius 1 is 1.39 bits per heavy atom. The van der Waals surface area contributed by atoms with Gasteiger partial charge in [0.15, 0.2) is 0 Å². The number of hydrogen-bond acceptors (Lipinski definition) is 3. The molecule has 0 bridgehead atoms. The molecule has 1 aliphatic carbocycles. The lowest BCUT2D eigenvalue weighted by atomic mass is 9.74. The number of carbonyl (C=O) groups is 1. The predicted molar refractivity (Wildman–Crippen MR) is 71.6 cm³/mol. The monoisotopic (exact) mass is 247 g/mol. The minimum Gasteiger partial charge on any atom is -0.468 e. The molecule has 98 valence electrons. The van der Waals surface area contributed by atoms with E-state index in [4.69, 9.17) is 4.74 Å². The molecule has 0 spiro atoms. The molecular weight excluding hydrogens is 226 g/mol. The lowest BCUT2D eigenvalue weighted by Crippen LogP contribution is -2.47. The van der Waals surface area contributed by atoms with Crippen LogP contribution in [0.5, 0.6) is 0 Å². The highest BCUT2D eigenvalue weighted by Gasteiger charge is 2.32. The molecule has 0 aliphatic heterocycles. The molecule has 1 aliphatic rings. The van der Waals surface area contributed by atoms with Gasteiger partial charge in [-0.1, -0.05) is 24.3 Å². The van der Waals surface area contributed by atoms with E-state index in [1.807, 2.05) is 6.92 Å². The molecule has 2 rings (SSSR count). The molecule has 0 aromatic heterocycles. The Balaban J connectivity index is 1.84. The fourth-order valence-electron chi connectivity index (χ4n) is 2.65. The van der Waals surface area contributed by atoms with Crippen molar-refractivity contribution in [3.63, 3.8) is 0 Å². The van der Waals surface area contributed by atoms with Gasteiger partial charge in [0.2, 0.25) is 0 Å². The summed E-state index contributed by atoms with van der Waals surface area (Å²) in [4.78, 5) is 11.3. The highest BCUT2D eigenvalue weighted by Crippen LogP contribution is 2.38. The zero-order valence-electron chi connectivity index (χ0n) is 11.3. The van der Waals surface area contributed by atoms with Gasteiger partial charge in [-0.15, -0.1) is 0 Å². The van der Waals surface area contributed by atoms with Gasteiger partial charge in [0, 0.05) is 6.04 Å². The van der Waals surface area contributed by atoms with E-state index in [0.717, 1.165) is 12.8 Å². The Morgan fingerprint density at radius 2 is 2.06 bits per heavy atom. The Kier molecular flexibility index (Phi) is 4.02. The third-order valence-corrected chi connectivity index (χ3v) is 3.81. The number of benzene rings is 1. The van der Waals surface area contributed by atoms with E-state index in [9.17, 15) is 4.79 Å². The summed E-state index contributed by atoms with van der Waals surface area (Å²) in [5.74, 6) is 0.447. The molecule has 0 saturated heterocycles. The minimum atomic E-state index is -0.210. The maximum atomic E-state index is 11.3. The summed E-state index contributed by atoms with van der Waals surface area (Å²) >= 11 is 0. The molecule has 0 unspecified atom stereocenters. The number of nitrogens with one attached hydrogen (secondary N) is 1. The molecule has 18 heavy (non-hydrogen) atoms. The van der Waals surface area contributed by atoms with Crippen LogP contribution in [0.25, 0.3) is 0 Å². The first-order valence-electron chi connectivity index (χ1n) is 6.51. The summed E-state index contributed by atoms with van der Waals surface area (Å²) in [6.45, 7) is 4.01. The van der Waals surface area contributed by atoms with Crippen LogP contribution in [0.3, 0.4) is 0 Å². The van der Waals surface area contributed by atoms with Crippen molar-refractivity contribution in [1.82, 2.24) is 5.32 Å². The Bertz CT molecular complexity index is 424. The summed E-state index contributed by atoms with van der Waals surface area (Å²) in [5.41, 5.74) is 2.81. The van der Waals surface area contributed by atoms with Crippen molar-refractivity contribution >= 4 is 5.97 Å². The molecular formula is C15H21NO2. The second kappa shape index (κ2) is 5.53. The molecule has 3 heteroatoms. The average molecular weight is 247 g/mol. The summed E-state index contributed by atoms with van der Waals surface area (Å²) in [5, 5.41) is 3.31. The Labute approximate surface area is 109 Å². The van der Waals surface area contributed by atoms with Crippen LogP contribution in [0.2, 0.25) is 0 Å². The summed E-state index contributed by atoms with van der Waals surface area (Å²) < 4.78 is 4.71. The number of methoxy groups -OCH3 is 1. The second-order valence-corrected chi connectivity index (χ2v) is 5.13. The number of hydrogen-bond donors (Lipinski definition) is 1. The van der Waals surface area contributed by atoms with Gasteiger partial charge in [0.05, 0.1) is 7.11 Å². The SMILES string of the molecule is COC(=O)[C@H](C)NC1CC(c2ccccc2C)C1. The van der Waals surface area contributed by atoms with Gasteiger partial charge in [-0.2, -0.15) is 0 Å². The van der Waals surface area contributed by atoms with E-state index in [1.54, 1.807) is 0 Å². The first-order valence-corrected chi connectivity index (χ1v) is 6.51. The highest BCUT2D eigenvalue weighted by molar-refractivity contribution is 5.75. The molecule has 1 fully saturated rings. The van der Waals surface area contributed by atoms with E-state index in [2.05, 4.69) is 36.5 Å². The number of rotatable bonds is 4. The van der Waals surface area contributed by atoms with Crippen molar-refractivity contribution in [3.05, 3.63) is 35.4 Å². The normalized spacial score (nSPS) is 24.2. The molecule has 0 heterocycles. The average Bonchev–Trinajstić information content (AvgIpc) is 2.33. The van der Waals surface area contributed by atoms with Crippen LogP contribution >= 0.6 is 0 Å². The minimum absolute atomic E-state index is 0.186. The number of aryl methyl sites for hydroxylation is 1. The second-order valence-electron chi connectivity index (χ2n) is 5.13. The molecule has 1 N–H and O–H groups in total. The van der Waals surface area contributed by atoms with E-state index in [1.165, 1.54) is 18.2 Å². The molecule has 1 aromatic carbocycles. The van der Waals surface area contributed by atoms with Gasteiger partial charge >= 0.3 is 5.97 Å². The van der Waals surface area contributed by atoms with Crippen molar-refractivity contribution in [2.24, 2.45) is 0 Å². The van der Waals surface area contributed by atoms with Gasteiger partial charge in [-0.25, -0.2) is 0 Å². The molecule has 3 nitrogen and oxygen atoms in total. The maximum Gasteiger partial charge on any atom is 0.322 e. The Morgan fingerprint density at radius 3 is 2.67 bits per heavy atom. The lowest BCUT2D eigenvalue weighted by molar-refractivity contribution is -0.143. The zero-order chi connectivity index (χ0) is 13.1. The summed E-state index contributed by atoms with van der Waals surface area (Å²) in [6.07, 6.45) is 2.21. The van der Waals surface area contributed by atoms with E-state index in [0.29, 0.717) is 12.0 Å². The molecule has 0 radical (unpaired) electrons. The summed E-state index contributed by atoms with van der Waals surface area (Å²) in [6, 6.07) is 8.77. The molecule has 0 amide bonds. The van der Waals surface area contributed by atoms with E-state index >= 15 is 0 Å². The zero-order valence-corrected chi connectivity index (χ0v) is 11.3. The fraction of sp³-hybridized carbons (Fsp3) is 0.533. The van der Waals surface area contributed by atoms with Crippen LogP contribution in [0.1, 0.15) is 36.8 Å². The first-order chi connectivity index (χ1) is 8.61. The van der Waals surface area contributed by atoms with E-state index in [-0.39, 0.29) is 12.0 Å². The van der Waals surface area contributed by atoms with Crippen LogP contribution in [0.15, 0.2) is 24.3 Å². The van der Waals surface area contributed by atoms with Crippen LogP contribution in [-0.2, 0) is 9.53 Å². The summed E-state index contributed by atoms with van der Waals surface area (Å²) in [7, 11) is 1.43. The van der Waals surface area contributed by atoms with Crippen molar-refractivity contribution in [1.29, 1.82) is 0 Å². The van der Waals surface area contributed by atoms with Crippen molar-refractivity contribution in [2.75, 3.05) is 7.11 Å². The van der Waals surface area contributed by atoms with E-state index < -0.39 is 0 Å². The topological polar surface area (TPSA) is 38.3 Å². The lowest BCUT2D eigenvalue weighted by Gasteiger charge is -2.38. The maximum absolute atomic E-state index is 11.3. The number of esters is 1. The predicted octanol–water partition coefficient (Wildman–Crippen LogP) is 2.39. The number of carbonyl (C=O) groups excluding carboxylic acids is 1. The Hall–Kier alpha value is -1.35. The smallest absolute Gasteiger partial charge is 0.322 e. The molecule has 1 atom stereocenters. The van der Waals surface area contributed by atoms with Crippen molar-refractivity contribution < 1.29 is 9.53 Å². The molecule has 1 saturated carbocycles. The standard InChI is InChI=1S/C15H21NO2/c1-10-6-4-5-7-14(10)12-8-13(9-12)16-11(2)15(17)18-3/h4-7,11-13,16H,8-9H2,1-3H3/t11-,12?,13?/m0/s1. The molecule has 1 aromatic rings.